The third-order valence-electron chi connectivity index (χ3n) is 2.75. The zero-order valence-electron chi connectivity index (χ0n) is 9.52. The number of hydrogen-bond acceptors (Lipinski definition) is 4. The topological polar surface area (TPSA) is 73.6 Å². The van der Waals surface area contributed by atoms with Crippen LogP contribution >= 0.6 is 0 Å². The van der Waals surface area contributed by atoms with Gasteiger partial charge in [-0.15, -0.1) is 0 Å². The average molecular weight is 236 g/mol. The third-order valence-corrected chi connectivity index (χ3v) is 2.75. The van der Waals surface area contributed by atoms with Gasteiger partial charge in [0.15, 0.2) is 0 Å². The fourth-order valence-electron chi connectivity index (χ4n) is 1.62. The highest BCUT2D eigenvalue weighted by atomic mass is 16.7. The molecule has 1 heterocycles. The van der Waals surface area contributed by atoms with Gasteiger partial charge in [-0.05, 0) is 5.56 Å². The van der Waals surface area contributed by atoms with Crippen LogP contribution in [-0.4, -0.2) is 24.7 Å². The molecule has 1 unspecified atom stereocenters. The first kappa shape index (κ1) is 12.0. The van der Waals surface area contributed by atoms with E-state index in [0.29, 0.717) is 19.6 Å². The lowest BCUT2D eigenvalue weighted by Gasteiger charge is -2.20. The van der Waals surface area contributed by atoms with Gasteiger partial charge in [-0.2, -0.15) is 0 Å². The van der Waals surface area contributed by atoms with Crippen molar-refractivity contribution in [2.24, 2.45) is 5.73 Å². The lowest BCUT2D eigenvalue weighted by molar-refractivity contribution is -0.140. The summed E-state index contributed by atoms with van der Waals surface area (Å²) in [6, 6.07) is 9.59. The highest BCUT2D eigenvalue weighted by Crippen LogP contribution is 2.15. The van der Waals surface area contributed by atoms with E-state index in [9.17, 15) is 4.79 Å². The maximum absolute atomic E-state index is 11.7. The number of benzene rings is 1. The molecule has 5 heteroatoms. The Kier molecular flexibility index (Phi) is 3.73. The van der Waals surface area contributed by atoms with Crippen molar-refractivity contribution in [1.29, 1.82) is 0 Å². The number of carbonyl (C=O) groups is 1. The molecule has 1 atom stereocenters. The molecule has 1 fully saturated rings. The minimum atomic E-state index is -0.948. The van der Waals surface area contributed by atoms with Gasteiger partial charge in [0.05, 0.1) is 13.2 Å². The maximum Gasteiger partial charge on any atom is 0.266 e. The quantitative estimate of drug-likeness (QED) is 0.740. The predicted octanol–water partition coefficient (Wildman–Crippen LogP) is 0.352. The Labute approximate surface area is 99.8 Å². The van der Waals surface area contributed by atoms with Gasteiger partial charge in [0.2, 0.25) is 0 Å². The van der Waals surface area contributed by atoms with Crippen LogP contribution in [0.3, 0.4) is 0 Å². The Bertz CT molecular complexity index is 375. The van der Waals surface area contributed by atoms with E-state index in [-0.39, 0.29) is 12.5 Å². The SMILES string of the molecule is NC1(C(=O)NOCc2ccccc2)CCOC1. The number of nitrogens with two attached hydrogens (primary N) is 1. The second kappa shape index (κ2) is 5.27. The molecular weight excluding hydrogens is 220 g/mol. The molecular formula is C12H16N2O3. The van der Waals surface area contributed by atoms with Crippen LogP contribution in [0.1, 0.15) is 12.0 Å². The van der Waals surface area contributed by atoms with E-state index in [1.165, 1.54) is 0 Å². The van der Waals surface area contributed by atoms with Gasteiger partial charge in [-0.3, -0.25) is 9.63 Å². The van der Waals surface area contributed by atoms with Crippen molar-refractivity contribution in [3.63, 3.8) is 0 Å². The van der Waals surface area contributed by atoms with Crippen molar-refractivity contribution in [3.8, 4) is 0 Å². The van der Waals surface area contributed by atoms with Crippen LogP contribution < -0.4 is 11.2 Å². The maximum atomic E-state index is 11.7. The highest BCUT2D eigenvalue weighted by molar-refractivity contribution is 5.85. The normalized spacial score (nSPS) is 23.6. The van der Waals surface area contributed by atoms with Crippen molar-refractivity contribution in [2.75, 3.05) is 13.2 Å². The summed E-state index contributed by atoms with van der Waals surface area (Å²) in [7, 11) is 0. The number of amides is 1. The van der Waals surface area contributed by atoms with E-state index in [2.05, 4.69) is 5.48 Å². The van der Waals surface area contributed by atoms with E-state index in [0.717, 1.165) is 5.56 Å². The van der Waals surface area contributed by atoms with Crippen LogP contribution in [0.15, 0.2) is 30.3 Å². The number of hydrogen-bond donors (Lipinski definition) is 2. The Balaban J connectivity index is 1.77. The Morgan fingerprint density at radius 2 is 2.24 bits per heavy atom. The first-order chi connectivity index (χ1) is 8.21. The zero-order chi connectivity index (χ0) is 12.1. The fraction of sp³-hybridized carbons (Fsp3) is 0.417. The average Bonchev–Trinajstić information content (AvgIpc) is 2.79. The summed E-state index contributed by atoms with van der Waals surface area (Å²) in [4.78, 5) is 16.8. The van der Waals surface area contributed by atoms with Gasteiger partial charge in [0.1, 0.15) is 5.54 Å². The van der Waals surface area contributed by atoms with E-state index < -0.39 is 5.54 Å². The second-order valence-electron chi connectivity index (χ2n) is 4.16. The summed E-state index contributed by atoms with van der Waals surface area (Å²) in [5.41, 5.74) is 8.27. The fourth-order valence-corrected chi connectivity index (χ4v) is 1.62. The van der Waals surface area contributed by atoms with Crippen molar-refractivity contribution in [3.05, 3.63) is 35.9 Å². The lowest BCUT2D eigenvalue weighted by atomic mass is 10.00. The molecule has 2 rings (SSSR count). The van der Waals surface area contributed by atoms with E-state index >= 15 is 0 Å². The van der Waals surface area contributed by atoms with Crippen molar-refractivity contribution < 1.29 is 14.4 Å². The van der Waals surface area contributed by atoms with Gasteiger partial charge in [-0.25, -0.2) is 5.48 Å². The number of ether oxygens (including phenoxy) is 1. The summed E-state index contributed by atoms with van der Waals surface area (Å²) in [6.07, 6.45) is 0.521. The molecule has 17 heavy (non-hydrogen) atoms. The lowest BCUT2D eigenvalue weighted by Crippen LogP contribution is -2.54. The Morgan fingerprint density at radius 1 is 1.47 bits per heavy atom. The Hall–Kier alpha value is -1.43. The zero-order valence-corrected chi connectivity index (χ0v) is 9.52. The first-order valence-electron chi connectivity index (χ1n) is 5.53. The smallest absolute Gasteiger partial charge is 0.266 e. The van der Waals surface area contributed by atoms with Crippen LogP contribution in [0.5, 0.6) is 0 Å². The molecule has 0 spiro atoms. The minimum absolute atomic E-state index is 0.244. The molecule has 0 aliphatic carbocycles. The van der Waals surface area contributed by atoms with Crippen LogP contribution in [0.25, 0.3) is 0 Å². The molecule has 3 N–H and O–H groups in total. The number of carbonyl (C=O) groups excluding carboxylic acids is 1. The molecule has 0 saturated carbocycles. The second-order valence-corrected chi connectivity index (χ2v) is 4.16. The van der Waals surface area contributed by atoms with Crippen molar-refractivity contribution in [1.82, 2.24) is 5.48 Å². The van der Waals surface area contributed by atoms with E-state index in [1.54, 1.807) is 0 Å². The summed E-state index contributed by atoms with van der Waals surface area (Å²) >= 11 is 0. The van der Waals surface area contributed by atoms with Gasteiger partial charge >= 0.3 is 0 Å². The molecule has 1 saturated heterocycles. The van der Waals surface area contributed by atoms with Crippen molar-refractivity contribution >= 4 is 5.91 Å². The molecule has 1 aliphatic heterocycles. The molecule has 1 aromatic carbocycles. The summed E-state index contributed by atoms with van der Waals surface area (Å²) in [6.45, 7) is 1.08. The van der Waals surface area contributed by atoms with Crippen LogP contribution in [0.2, 0.25) is 0 Å². The number of nitrogens with one attached hydrogen (secondary N) is 1. The van der Waals surface area contributed by atoms with Crippen LogP contribution in [0, 0.1) is 0 Å². The standard InChI is InChI=1S/C12H16N2O3/c13-12(6-7-16-9-12)11(15)14-17-8-10-4-2-1-3-5-10/h1-5H,6-9,13H2,(H,14,15). The van der Waals surface area contributed by atoms with Crippen molar-refractivity contribution in [2.45, 2.75) is 18.6 Å². The van der Waals surface area contributed by atoms with Gasteiger partial charge in [-0.1, -0.05) is 30.3 Å². The molecule has 1 aliphatic rings. The van der Waals surface area contributed by atoms with Crippen LogP contribution in [-0.2, 0) is 21.0 Å². The number of hydroxylamine groups is 1. The van der Waals surface area contributed by atoms with Gasteiger partial charge in [0, 0.05) is 13.0 Å². The molecule has 0 bridgehead atoms. The molecule has 0 aromatic heterocycles. The molecule has 0 radical (unpaired) electrons. The van der Waals surface area contributed by atoms with Gasteiger partial charge in [0.25, 0.3) is 5.91 Å². The molecule has 1 amide bonds. The van der Waals surface area contributed by atoms with Crippen LogP contribution in [0.4, 0.5) is 0 Å². The largest absolute Gasteiger partial charge is 0.379 e. The Morgan fingerprint density at radius 3 is 2.88 bits per heavy atom. The summed E-state index contributed by atoms with van der Waals surface area (Å²) in [5.74, 6) is -0.328. The molecule has 5 nitrogen and oxygen atoms in total. The van der Waals surface area contributed by atoms with Gasteiger partial charge < -0.3 is 10.5 Å². The van der Waals surface area contributed by atoms with E-state index in [4.69, 9.17) is 15.3 Å². The first-order valence-corrected chi connectivity index (χ1v) is 5.53. The monoisotopic (exact) mass is 236 g/mol. The minimum Gasteiger partial charge on any atom is -0.379 e. The molecule has 1 aromatic rings. The van der Waals surface area contributed by atoms with E-state index in [1.807, 2.05) is 30.3 Å². The summed E-state index contributed by atoms with van der Waals surface area (Å²) < 4.78 is 5.10. The molecule has 92 valence electrons. The highest BCUT2D eigenvalue weighted by Gasteiger charge is 2.38. The number of rotatable bonds is 4. The third kappa shape index (κ3) is 3.03. The summed E-state index contributed by atoms with van der Waals surface area (Å²) in [5, 5.41) is 0. The predicted molar refractivity (Wildman–Crippen MR) is 61.7 cm³/mol.